The number of carbonyl (C=O) groups excluding carboxylic acids is 1. The van der Waals surface area contributed by atoms with Crippen LogP contribution in [0.3, 0.4) is 0 Å². The fourth-order valence-corrected chi connectivity index (χ4v) is 1.80. The van der Waals surface area contributed by atoms with Crippen molar-refractivity contribution < 1.29 is 4.79 Å². The topological polar surface area (TPSA) is 35.6 Å². The molecule has 15 heavy (non-hydrogen) atoms. The molecule has 1 amide bonds. The lowest BCUT2D eigenvalue weighted by Crippen LogP contribution is -2.42. The van der Waals surface area contributed by atoms with Crippen molar-refractivity contribution in [2.24, 2.45) is 0 Å². The van der Waals surface area contributed by atoms with Gasteiger partial charge in [0.25, 0.3) is 0 Å². The summed E-state index contributed by atoms with van der Waals surface area (Å²) >= 11 is 0. The molecule has 1 N–H and O–H groups in total. The van der Waals surface area contributed by atoms with Gasteiger partial charge in [0.1, 0.15) is 0 Å². The molecule has 0 aromatic carbocycles. The average Bonchev–Trinajstić information content (AvgIpc) is 2.16. The molecule has 0 unspecified atom stereocenters. The lowest BCUT2D eigenvalue weighted by atomic mass is 10.2. The first-order valence-corrected chi connectivity index (χ1v) is 5.83. The Morgan fingerprint density at radius 3 is 2.93 bits per heavy atom. The van der Waals surface area contributed by atoms with E-state index < -0.39 is 0 Å². The minimum absolute atomic E-state index is 0.258. The average molecular weight is 213 g/mol. The predicted octanol–water partition coefficient (Wildman–Crippen LogP) is 0.150. The fourth-order valence-electron chi connectivity index (χ4n) is 1.80. The third-order valence-corrected chi connectivity index (χ3v) is 2.69. The highest BCUT2D eigenvalue weighted by atomic mass is 16.2. The number of carbonyl (C=O) groups is 1. The van der Waals surface area contributed by atoms with Crippen LogP contribution in [0.4, 0.5) is 0 Å². The largest absolute Gasteiger partial charge is 0.342 e. The van der Waals surface area contributed by atoms with Crippen molar-refractivity contribution in [1.82, 2.24) is 15.1 Å². The summed E-state index contributed by atoms with van der Waals surface area (Å²) in [4.78, 5) is 15.8. The Morgan fingerprint density at radius 1 is 1.40 bits per heavy atom. The van der Waals surface area contributed by atoms with E-state index in [-0.39, 0.29) is 5.91 Å². The van der Waals surface area contributed by atoms with E-state index in [1.165, 1.54) is 6.42 Å². The molecule has 1 fully saturated rings. The number of rotatable bonds is 4. The van der Waals surface area contributed by atoms with Crippen LogP contribution < -0.4 is 5.32 Å². The maximum Gasteiger partial charge on any atom is 0.236 e. The molecule has 0 bridgehead atoms. The smallest absolute Gasteiger partial charge is 0.236 e. The van der Waals surface area contributed by atoms with Crippen molar-refractivity contribution in [2.45, 2.75) is 19.3 Å². The van der Waals surface area contributed by atoms with Crippen LogP contribution in [0.1, 0.15) is 19.3 Å². The Morgan fingerprint density at radius 2 is 2.20 bits per heavy atom. The molecule has 88 valence electrons. The maximum atomic E-state index is 11.7. The fraction of sp³-hybridized carbons (Fsp3) is 0.909. The summed E-state index contributed by atoms with van der Waals surface area (Å²) in [7, 11) is 4.13. The predicted molar refractivity (Wildman–Crippen MR) is 61.9 cm³/mol. The van der Waals surface area contributed by atoms with E-state index >= 15 is 0 Å². The molecule has 4 nitrogen and oxygen atoms in total. The summed E-state index contributed by atoms with van der Waals surface area (Å²) < 4.78 is 0. The zero-order valence-electron chi connectivity index (χ0n) is 9.96. The van der Waals surface area contributed by atoms with Gasteiger partial charge in [0.05, 0.1) is 6.54 Å². The van der Waals surface area contributed by atoms with Crippen molar-refractivity contribution in [3.05, 3.63) is 0 Å². The van der Waals surface area contributed by atoms with Crippen LogP contribution in [0.25, 0.3) is 0 Å². The van der Waals surface area contributed by atoms with Crippen LogP contribution in [0.5, 0.6) is 0 Å². The van der Waals surface area contributed by atoms with Gasteiger partial charge >= 0.3 is 0 Å². The second kappa shape index (κ2) is 6.80. The number of nitrogens with one attached hydrogen (secondary N) is 1. The van der Waals surface area contributed by atoms with Crippen LogP contribution >= 0.6 is 0 Å². The lowest BCUT2D eigenvalue weighted by Gasteiger charge is -2.25. The monoisotopic (exact) mass is 213 g/mol. The van der Waals surface area contributed by atoms with Crippen molar-refractivity contribution >= 4 is 5.91 Å². The van der Waals surface area contributed by atoms with Gasteiger partial charge in [-0.2, -0.15) is 0 Å². The quantitative estimate of drug-likeness (QED) is 0.722. The van der Waals surface area contributed by atoms with Gasteiger partial charge in [-0.25, -0.2) is 0 Å². The van der Waals surface area contributed by atoms with Crippen LogP contribution in [0.2, 0.25) is 0 Å². The van der Waals surface area contributed by atoms with Crippen LogP contribution in [-0.2, 0) is 4.79 Å². The number of amides is 1. The molecule has 1 aliphatic heterocycles. The second-order valence-electron chi connectivity index (χ2n) is 4.42. The maximum absolute atomic E-state index is 11.7. The van der Waals surface area contributed by atoms with Gasteiger partial charge in [0.2, 0.25) is 5.91 Å². The number of hydrogen-bond donors (Lipinski definition) is 1. The van der Waals surface area contributed by atoms with Gasteiger partial charge in [0.15, 0.2) is 0 Å². The first-order chi connectivity index (χ1) is 7.20. The standard InChI is InChI=1S/C11H23N3O/c1-13(2)7-5-9-14-8-4-3-6-12-10-11(14)15/h12H,3-10H2,1-2H3. The molecule has 0 saturated carbocycles. The minimum Gasteiger partial charge on any atom is -0.342 e. The van der Waals surface area contributed by atoms with Crippen LogP contribution in [0, 0.1) is 0 Å². The van der Waals surface area contributed by atoms with Crippen molar-refractivity contribution in [3.63, 3.8) is 0 Å². The summed E-state index contributed by atoms with van der Waals surface area (Å²) in [5, 5.41) is 3.16. The number of nitrogens with zero attached hydrogens (tertiary/aromatic N) is 2. The highest BCUT2D eigenvalue weighted by Gasteiger charge is 2.14. The molecule has 0 spiro atoms. The van der Waals surface area contributed by atoms with E-state index in [4.69, 9.17) is 0 Å². The molecule has 1 aliphatic rings. The van der Waals surface area contributed by atoms with Crippen LogP contribution in [0.15, 0.2) is 0 Å². The minimum atomic E-state index is 0.258. The van der Waals surface area contributed by atoms with E-state index in [0.717, 1.165) is 39.0 Å². The Bertz CT molecular complexity index is 194. The molecule has 1 rings (SSSR count). The van der Waals surface area contributed by atoms with Gasteiger partial charge in [-0.3, -0.25) is 4.79 Å². The molecule has 4 heteroatoms. The Hall–Kier alpha value is -0.610. The van der Waals surface area contributed by atoms with Gasteiger partial charge in [0, 0.05) is 13.1 Å². The zero-order chi connectivity index (χ0) is 11.1. The highest BCUT2D eigenvalue weighted by molar-refractivity contribution is 5.78. The first kappa shape index (κ1) is 12.5. The van der Waals surface area contributed by atoms with Crippen molar-refractivity contribution in [3.8, 4) is 0 Å². The third-order valence-electron chi connectivity index (χ3n) is 2.69. The summed E-state index contributed by atoms with van der Waals surface area (Å²) in [6, 6.07) is 0. The Labute approximate surface area is 92.6 Å². The van der Waals surface area contributed by atoms with Gasteiger partial charge in [-0.1, -0.05) is 0 Å². The first-order valence-electron chi connectivity index (χ1n) is 5.83. The van der Waals surface area contributed by atoms with E-state index in [9.17, 15) is 4.79 Å². The molecule has 0 aromatic heterocycles. The molecule has 0 aromatic rings. The summed E-state index contributed by atoms with van der Waals surface area (Å²) in [5.74, 6) is 0.258. The van der Waals surface area contributed by atoms with Crippen molar-refractivity contribution in [1.29, 1.82) is 0 Å². The SMILES string of the molecule is CN(C)CCCN1CCCCNCC1=O. The number of hydrogen-bond acceptors (Lipinski definition) is 3. The summed E-state index contributed by atoms with van der Waals surface area (Å²) in [6.45, 7) is 4.39. The zero-order valence-corrected chi connectivity index (χ0v) is 9.96. The molecule has 0 aliphatic carbocycles. The van der Waals surface area contributed by atoms with E-state index in [1.54, 1.807) is 0 Å². The molecular formula is C11H23N3O. The van der Waals surface area contributed by atoms with Crippen LogP contribution in [-0.4, -0.2) is 62.5 Å². The van der Waals surface area contributed by atoms with Gasteiger partial charge in [-0.05, 0) is 46.4 Å². The second-order valence-corrected chi connectivity index (χ2v) is 4.42. The lowest BCUT2D eigenvalue weighted by molar-refractivity contribution is -0.130. The summed E-state index contributed by atoms with van der Waals surface area (Å²) in [6.07, 6.45) is 3.37. The Kier molecular flexibility index (Phi) is 5.65. The molecule has 1 heterocycles. The normalized spacial score (nSPS) is 19.1. The van der Waals surface area contributed by atoms with E-state index in [0.29, 0.717) is 6.54 Å². The molecule has 0 radical (unpaired) electrons. The highest BCUT2D eigenvalue weighted by Crippen LogP contribution is 2.00. The summed E-state index contributed by atoms with van der Waals surface area (Å²) in [5.41, 5.74) is 0. The van der Waals surface area contributed by atoms with Gasteiger partial charge in [-0.15, -0.1) is 0 Å². The van der Waals surface area contributed by atoms with Gasteiger partial charge < -0.3 is 15.1 Å². The Balaban J connectivity index is 2.26. The molecule has 0 atom stereocenters. The third kappa shape index (κ3) is 5.14. The molecule has 1 saturated heterocycles. The van der Waals surface area contributed by atoms with E-state index in [1.807, 2.05) is 4.90 Å². The van der Waals surface area contributed by atoms with E-state index in [2.05, 4.69) is 24.3 Å². The molecular weight excluding hydrogens is 190 g/mol. The van der Waals surface area contributed by atoms with Crippen molar-refractivity contribution in [2.75, 3.05) is 46.8 Å².